The summed E-state index contributed by atoms with van der Waals surface area (Å²) in [6.07, 6.45) is 1.31. The quantitative estimate of drug-likeness (QED) is 0.793. The summed E-state index contributed by atoms with van der Waals surface area (Å²) in [5, 5.41) is 15.5. The first-order valence-electron chi connectivity index (χ1n) is 5.92. The van der Waals surface area contributed by atoms with Gasteiger partial charge in [0.05, 0.1) is 5.69 Å². The van der Waals surface area contributed by atoms with E-state index in [1.54, 1.807) is 11.2 Å². The molecule has 0 saturated carbocycles. The van der Waals surface area contributed by atoms with E-state index in [0.29, 0.717) is 6.54 Å². The Kier molecular flexibility index (Phi) is 2.55. The number of carbonyl (C=O) groups is 1. The number of hydrazone groups is 1. The van der Waals surface area contributed by atoms with Crippen LogP contribution in [-0.4, -0.2) is 29.8 Å². The van der Waals surface area contributed by atoms with Crippen molar-refractivity contribution >= 4 is 17.8 Å². The van der Waals surface area contributed by atoms with Crippen LogP contribution in [0.15, 0.2) is 45.8 Å². The van der Waals surface area contributed by atoms with E-state index in [1.807, 2.05) is 37.3 Å². The summed E-state index contributed by atoms with van der Waals surface area (Å²) >= 11 is 0. The lowest BCUT2D eigenvalue weighted by atomic mass is 10.1. The highest BCUT2D eigenvalue weighted by Gasteiger charge is 2.42. The standard InChI is InChI=1S/C12H13N5O/c1-2-16-12(18)10-8-13-17(11(10)14-15-16)9-6-4-3-5-7-9/h3-8,10-11H,2H2,1H3. The van der Waals surface area contributed by atoms with Crippen LogP contribution in [0.4, 0.5) is 5.69 Å². The first-order valence-corrected chi connectivity index (χ1v) is 5.92. The average molecular weight is 243 g/mol. The molecule has 0 spiro atoms. The Labute approximate surface area is 105 Å². The van der Waals surface area contributed by atoms with Crippen LogP contribution in [0.3, 0.4) is 0 Å². The molecule has 0 aromatic heterocycles. The van der Waals surface area contributed by atoms with Crippen LogP contribution >= 0.6 is 0 Å². The Hall–Kier alpha value is -2.24. The Morgan fingerprint density at radius 2 is 2.06 bits per heavy atom. The van der Waals surface area contributed by atoms with E-state index in [2.05, 4.69) is 15.4 Å². The molecule has 1 aromatic rings. The molecule has 0 fully saturated rings. The third-order valence-corrected chi connectivity index (χ3v) is 3.06. The van der Waals surface area contributed by atoms with Gasteiger partial charge in [-0.25, -0.2) is 10.0 Å². The summed E-state index contributed by atoms with van der Waals surface area (Å²) in [7, 11) is 0. The summed E-state index contributed by atoms with van der Waals surface area (Å²) in [4.78, 5) is 12.1. The maximum atomic E-state index is 12.1. The zero-order valence-corrected chi connectivity index (χ0v) is 9.97. The maximum Gasteiger partial charge on any atom is 0.256 e. The van der Waals surface area contributed by atoms with Gasteiger partial charge in [0, 0.05) is 12.8 Å². The van der Waals surface area contributed by atoms with Gasteiger partial charge in [0.15, 0.2) is 6.17 Å². The molecule has 1 amide bonds. The highest BCUT2D eigenvalue weighted by atomic mass is 16.2. The number of rotatable bonds is 2. The van der Waals surface area contributed by atoms with Crippen molar-refractivity contribution in [3.05, 3.63) is 30.3 Å². The molecule has 0 saturated heterocycles. The summed E-state index contributed by atoms with van der Waals surface area (Å²) in [6, 6.07) is 9.67. The number of para-hydroxylation sites is 1. The van der Waals surface area contributed by atoms with Gasteiger partial charge in [0.1, 0.15) is 5.92 Å². The first kappa shape index (κ1) is 10.9. The number of fused-ring (bicyclic) bond motifs is 1. The van der Waals surface area contributed by atoms with Gasteiger partial charge >= 0.3 is 0 Å². The summed E-state index contributed by atoms with van der Waals surface area (Å²) in [5.41, 5.74) is 0.915. The molecule has 0 aliphatic carbocycles. The Balaban J connectivity index is 1.91. The van der Waals surface area contributed by atoms with Crippen molar-refractivity contribution in [2.75, 3.05) is 11.6 Å². The predicted octanol–water partition coefficient (Wildman–Crippen LogP) is 1.66. The van der Waals surface area contributed by atoms with E-state index in [4.69, 9.17) is 0 Å². The monoisotopic (exact) mass is 243 g/mol. The number of amides is 1. The molecule has 0 radical (unpaired) electrons. The Bertz CT molecular complexity index is 512. The van der Waals surface area contributed by atoms with Gasteiger partial charge < -0.3 is 0 Å². The zero-order valence-electron chi connectivity index (χ0n) is 9.97. The molecule has 18 heavy (non-hydrogen) atoms. The van der Waals surface area contributed by atoms with Crippen molar-refractivity contribution in [1.29, 1.82) is 0 Å². The van der Waals surface area contributed by atoms with Gasteiger partial charge in [-0.15, -0.1) is 5.11 Å². The fraction of sp³-hybridized carbons (Fsp3) is 0.333. The molecule has 0 N–H and O–H groups in total. The molecule has 2 atom stereocenters. The van der Waals surface area contributed by atoms with Crippen LogP contribution in [0.5, 0.6) is 0 Å². The number of hydrogen-bond acceptors (Lipinski definition) is 5. The minimum Gasteiger partial charge on any atom is -0.272 e. The van der Waals surface area contributed by atoms with Gasteiger partial charge in [-0.2, -0.15) is 5.10 Å². The Morgan fingerprint density at radius 3 is 2.78 bits per heavy atom. The zero-order chi connectivity index (χ0) is 12.5. The number of anilines is 1. The number of nitrogens with zero attached hydrogens (tertiary/aromatic N) is 5. The maximum absolute atomic E-state index is 12.1. The lowest BCUT2D eigenvalue weighted by Crippen LogP contribution is -2.44. The second kappa shape index (κ2) is 4.21. The molecule has 2 unspecified atom stereocenters. The molecular formula is C12H13N5O. The van der Waals surface area contributed by atoms with E-state index in [0.717, 1.165) is 5.69 Å². The molecule has 3 rings (SSSR count). The topological polar surface area (TPSA) is 60.6 Å². The van der Waals surface area contributed by atoms with E-state index >= 15 is 0 Å². The van der Waals surface area contributed by atoms with Gasteiger partial charge in [-0.3, -0.25) is 4.79 Å². The normalized spacial score (nSPS) is 25.7. The second-order valence-corrected chi connectivity index (χ2v) is 4.14. The van der Waals surface area contributed by atoms with Crippen LogP contribution in [0, 0.1) is 5.92 Å². The fourth-order valence-electron chi connectivity index (χ4n) is 2.10. The second-order valence-electron chi connectivity index (χ2n) is 4.14. The summed E-state index contributed by atoms with van der Waals surface area (Å²) in [5.74, 6) is -0.373. The average Bonchev–Trinajstić information content (AvgIpc) is 2.85. The summed E-state index contributed by atoms with van der Waals surface area (Å²) in [6.45, 7) is 2.41. The van der Waals surface area contributed by atoms with E-state index < -0.39 is 0 Å². The van der Waals surface area contributed by atoms with Crippen molar-refractivity contribution in [1.82, 2.24) is 5.01 Å². The van der Waals surface area contributed by atoms with E-state index in [1.165, 1.54) is 5.01 Å². The Morgan fingerprint density at radius 1 is 1.28 bits per heavy atom. The van der Waals surface area contributed by atoms with Gasteiger partial charge in [0.2, 0.25) is 0 Å². The van der Waals surface area contributed by atoms with E-state index in [-0.39, 0.29) is 18.0 Å². The molecule has 6 nitrogen and oxygen atoms in total. The lowest BCUT2D eigenvalue weighted by molar-refractivity contribution is -0.135. The SMILES string of the molecule is CCN1N=NC2C(C=NN2c2ccccc2)C1=O. The van der Waals surface area contributed by atoms with Crippen LogP contribution in [0.25, 0.3) is 0 Å². The first-order chi connectivity index (χ1) is 8.81. The number of hydrogen-bond donors (Lipinski definition) is 0. The van der Waals surface area contributed by atoms with Crippen molar-refractivity contribution < 1.29 is 4.79 Å². The van der Waals surface area contributed by atoms with Crippen molar-refractivity contribution in [3.63, 3.8) is 0 Å². The summed E-state index contributed by atoms with van der Waals surface area (Å²) < 4.78 is 0. The number of carbonyl (C=O) groups excluding carboxylic acids is 1. The highest BCUT2D eigenvalue weighted by molar-refractivity contribution is 5.96. The van der Waals surface area contributed by atoms with Gasteiger partial charge in [-0.1, -0.05) is 23.4 Å². The van der Waals surface area contributed by atoms with Crippen LogP contribution in [-0.2, 0) is 4.79 Å². The van der Waals surface area contributed by atoms with Crippen molar-refractivity contribution in [2.24, 2.45) is 21.4 Å². The minimum atomic E-state index is -0.345. The van der Waals surface area contributed by atoms with Gasteiger partial charge in [0.25, 0.3) is 5.91 Å². The van der Waals surface area contributed by atoms with Crippen LogP contribution < -0.4 is 5.01 Å². The molecule has 2 aliphatic heterocycles. The fourth-order valence-corrected chi connectivity index (χ4v) is 2.10. The third kappa shape index (κ3) is 1.57. The van der Waals surface area contributed by atoms with Crippen molar-refractivity contribution in [2.45, 2.75) is 13.1 Å². The minimum absolute atomic E-state index is 0.0420. The largest absolute Gasteiger partial charge is 0.272 e. The van der Waals surface area contributed by atoms with Crippen LogP contribution in [0.2, 0.25) is 0 Å². The molecule has 6 heteroatoms. The highest BCUT2D eigenvalue weighted by Crippen LogP contribution is 2.30. The van der Waals surface area contributed by atoms with E-state index in [9.17, 15) is 4.79 Å². The van der Waals surface area contributed by atoms with Crippen molar-refractivity contribution in [3.8, 4) is 0 Å². The molecular weight excluding hydrogens is 230 g/mol. The van der Waals surface area contributed by atoms with Gasteiger partial charge in [-0.05, 0) is 19.1 Å². The third-order valence-electron chi connectivity index (χ3n) is 3.06. The smallest absolute Gasteiger partial charge is 0.256 e. The molecule has 1 aromatic carbocycles. The molecule has 0 bridgehead atoms. The molecule has 92 valence electrons. The molecule has 2 heterocycles. The number of benzene rings is 1. The molecule has 2 aliphatic rings. The predicted molar refractivity (Wildman–Crippen MR) is 66.9 cm³/mol. The van der Waals surface area contributed by atoms with Crippen LogP contribution in [0.1, 0.15) is 6.92 Å². The lowest BCUT2D eigenvalue weighted by Gasteiger charge is -2.28.